The van der Waals surface area contributed by atoms with Gasteiger partial charge in [-0.2, -0.15) is 13.2 Å². The SMILES string of the molecule is CC#CCOc1ccc(C[C@H](N)C(=O)OCC(=O)c2ccccc2)cc1.CC#CCOc1ccc(C[C@H](NC(=O)OC(C)(C)C)C(=O)OCC(=O)c2ccccc2)cc1.O=C(O)C(F)(F)F. The summed E-state index contributed by atoms with van der Waals surface area (Å²) in [5, 5.41) is 9.67. The molecule has 0 radical (unpaired) electrons. The van der Waals surface area contributed by atoms with Gasteiger partial charge in [0.05, 0.1) is 0 Å². The molecule has 0 saturated heterocycles. The van der Waals surface area contributed by atoms with Crippen LogP contribution < -0.4 is 20.5 Å². The molecule has 0 aliphatic rings. The van der Waals surface area contributed by atoms with Crippen molar-refractivity contribution in [3.63, 3.8) is 0 Å². The lowest BCUT2D eigenvalue weighted by Crippen LogP contribution is -2.45. The summed E-state index contributed by atoms with van der Waals surface area (Å²) in [5.74, 6) is 7.76. The standard InChI is InChI=1S/C26H29NO6.C21H21NO4.C2HF3O2/c1-5-6-16-31-21-14-12-19(13-15-21)17-22(27-25(30)33-26(2,3)4)24(29)32-18-23(28)20-10-8-7-9-11-20;1-2-3-13-25-18-11-9-16(10-12-18)14-19(22)21(24)26-15-20(23)17-7-5-4-6-8-17;3-2(4,5)1(6)7/h7-15,22H,16-18H2,1-4H3,(H,27,30);4-12,19H,13-15,22H2,1H3;(H,6,7)/t22-;19-;/m00./s1. The second kappa shape index (κ2) is 28.2. The number of aliphatic carboxylic acids is 1. The number of hydrogen-bond donors (Lipinski definition) is 3. The number of alkyl carbamates (subject to hydrolysis) is 1. The molecule has 4 aromatic rings. The second-order valence-corrected chi connectivity index (χ2v) is 14.5. The number of halogens is 3. The molecule has 1 amide bonds. The summed E-state index contributed by atoms with van der Waals surface area (Å²) in [7, 11) is 0. The molecule has 4 rings (SSSR count). The highest BCUT2D eigenvalue weighted by molar-refractivity contribution is 5.98. The zero-order chi connectivity index (χ0) is 49.1. The third-order valence-electron chi connectivity index (χ3n) is 8.12. The van der Waals surface area contributed by atoms with Gasteiger partial charge >= 0.3 is 30.2 Å². The first-order chi connectivity index (χ1) is 31.2. The summed E-state index contributed by atoms with van der Waals surface area (Å²) in [6.07, 6.45) is -5.38. The van der Waals surface area contributed by atoms with Crippen LogP contribution in [0.4, 0.5) is 18.0 Å². The molecular weight excluding hydrogens is 866 g/mol. The quantitative estimate of drug-likeness (QED) is 0.0424. The Morgan fingerprint density at radius 1 is 0.636 bits per heavy atom. The van der Waals surface area contributed by atoms with Crippen molar-refractivity contribution < 1.29 is 70.7 Å². The summed E-state index contributed by atoms with van der Waals surface area (Å²) >= 11 is 0. The van der Waals surface area contributed by atoms with E-state index in [4.69, 9.17) is 39.3 Å². The molecule has 2 atom stereocenters. The lowest BCUT2D eigenvalue weighted by Gasteiger charge is -2.23. The van der Waals surface area contributed by atoms with Crippen molar-refractivity contribution in [1.82, 2.24) is 5.32 Å². The van der Waals surface area contributed by atoms with Crippen molar-refractivity contribution in [2.75, 3.05) is 26.4 Å². The van der Waals surface area contributed by atoms with Gasteiger partial charge in [0.1, 0.15) is 42.4 Å². The number of rotatable bonds is 17. The summed E-state index contributed by atoms with van der Waals surface area (Å²) in [4.78, 5) is 70.1. The Labute approximate surface area is 380 Å². The van der Waals surface area contributed by atoms with Gasteiger partial charge in [-0.1, -0.05) is 96.8 Å². The maximum absolute atomic E-state index is 12.7. The fraction of sp³-hybridized carbons (Fsp3) is 0.306. The Hall–Kier alpha value is -7.63. The third kappa shape index (κ3) is 22.6. The second-order valence-electron chi connectivity index (χ2n) is 14.5. The fourth-order valence-corrected chi connectivity index (χ4v) is 4.94. The van der Waals surface area contributed by atoms with E-state index in [1.807, 2.05) is 18.2 Å². The predicted molar refractivity (Wildman–Crippen MR) is 236 cm³/mol. The fourth-order valence-electron chi connectivity index (χ4n) is 4.94. The van der Waals surface area contributed by atoms with Gasteiger partial charge in [-0.25, -0.2) is 14.4 Å². The van der Waals surface area contributed by atoms with Crippen LogP contribution in [0.15, 0.2) is 109 Å². The Morgan fingerprint density at radius 2 is 1.03 bits per heavy atom. The van der Waals surface area contributed by atoms with Crippen LogP contribution in [0.1, 0.15) is 66.5 Å². The number of esters is 2. The maximum Gasteiger partial charge on any atom is 0.490 e. The van der Waals surface area contributed by atoms with Crippen LogP contribution in [-0.2, 0) is 41.4 Å². The van der Waals surface area contributed by atoms with Crippen molar-refractivity contribution in [3.05, 3.63) is 131 Å². The van der Waals surface area contributed by atoms with Gasteiger partial charge in [0, 0.05) is 17.5 Å². The largest absolute Gasteiger partial charge is 0.490 e. The number of ether oxygens (including phenoxy) is 5. The number of benzene rings is 4. The molecule has 0 heterocycles. The number of Topliss-reactive ketones (excluding diaryl/α,β-unsaturated/α-hetero) is 2. The summed E-state index contributed by atoms with van der Waals surface area (Å²) in [5.41, 5.74) is 7.71. The van der Waals surface area contributed by atoms with Crippen LogP contribution in [0.2, 0.25) is 0 Å². The lowest BCUT2D eigenvalue weighted by molar-refractivity contribution is -0.192. The van der Waals surface area contributed by atoms with Gasteiger partial charge in [0.25, 0.3) is 0 Å². The van der Waals surface area contributed by atoms with Crippen LogP contribution in [0, 0.1) is 23.7 Å². The minimum atomic E-state index is -5.08. The van der Waals surface area contributed by atoms with Crippen molar-refractivity contribution in [2.45, 2.75) is 71.3 Å². The van der Waals surface area contributed by atoms with Crippen LogP contribution in [0.25, 0.3) is 0 Å². The summed E-state index contributed by atoms with van der Waals surface area (Å²) in [6, 6.07) is 29.6. The van der Waals surface area contributed by atoms with E-state index in [9.17, 15) is 37.1 Å². The molecule has 0 aliphatic carbocycles. The Morgan fingerprint density at radius 3 is 1.41 bits per heavy atom. The molecular formula is C49H51F3N2O12. The number of nitrogens with two attached hydrogens (primary N) is 1. The number of hydrogen-bond acceptors (Lipinski definition) is 12. The number of alkyl halides is 3. The van der Waals surface area contributed by atoms with E-state index in [0.29, 0.717) is 35.7 Å². The molecule has 0 spiro atoms. The molecule has 4 aromatic carbocycles. The zero-order valence-corrected chi connectivity index (χ0v) is 36.9. The van der Waals surface area contributed by atoms with Crippen LogP contribution >= 0.6 is 0 Å². The topological polar surface area (TPSA) is 207 Å². The third-order valence-corrected chi connectivity index (χ3v) is 8.12. The maximum atomic E-state index is 12.7. The molecule has 0 unspecified atom stereocenters. The molecule has 0 bridgehead atoms. The zero-order valence-electron chi connectivity index (χ0n) is 36.9. The minimum absolute atomic E-state index is 0.145. The number of carbonyl (C=O) groups excluding carboxylic acids is 5. The Kier molecular flexibility index (Phi) is 23.3. The van der Waals surface area contributed by atoms with Crippen LogP contribution in [0.3, 0.4) is 0 Å². The van der Waals surface area contributed by atoms with Crippen molar-refractivity contribution in [3.8, 4) is 35.2 Å². The highest BCUT2D eigenvalue weighted by Crippen LogP contribution is 2.16. The van der Waals surface area contributed by atoms with E-state index in [1.165, 1.54) is 0 Å². The predicted octanol–water partition coefficient (Wildman–Crippen LogP) is 6.97. The molecule has 0 saturated carbocycles. The summed E-state index contributed by atoms with van der Waals surface area (Å²) < 4.78 is 58.2. The number of carboxylic acids is 1. The highest BCUT2D eigenvalue weighted by Gasteiger charge is 2.38. The van der Waals surface area contributed by atoms with E-state index in [1.54, 1.807) is 126 Å². The van der Waals surface area contributed by atoms with E-state index in [-0.39, 0.29) is 31.2 Å². The first-order valence-electron chi connectivity index (χ1n) is 20.0. The molecule has 17 heteroatoms. The number of amides is 1. The van der Waals surface area contributed by atoms with Crippen molar-refractivity contribution in [1.29, 1.82) is 0 Å². The first kappa shape index (κ1) is 54.5. The molecule has 4 N–H and O–H groups in total. The van der Waals surface area contributed by atoms with Gasteiger partial charge in [-0.05, 0) is 76.4 Å². The molecule has 0 aromatic heterocycles. The molecule has 350 valence electrons. The Bertz CT molecular complexity index is 2310. The number of carbonyl (C=O) groups is 6. The molecule has 66 heavy (non-hydrogen) atoms. The van der Waals surface area contributed by atoms with Gasteiger partial charge in [-0.15, -0.1) is 11.8 Å². The first-order valence-corrected chi connectivity index (χ1v) is 20.0. The van der Waals surface area contributed by atoms with Gasteiger partial charge < -0.3 is 39.8 Å². The highest BCUT2D eigenvalue weighted by atomic mass is 19.4. The monoisotopic (exact) mass is 916 g/mol. The van der Waals surface area contributed by atoms with E-state index in [2.05, 4.69) is 29.0 Å². The minimum Gasteiger partial charge on any atom is -0.481 e. The average Bonchev–Trinajstić information content (AvgIpc) is 3.28. The average molecular weight is 917 g/mol. The van der Waals surface area contributed by atoms with Gasteiger partial charge in [-0.3, -0.25) is 14.4 Å². The van der Waals surface area contributed by atoms with Gasteiger partial charge in [0.15, 0.2) is 24.8 Å². The van der Waals surface area contributed by atoms with Crippen LogP contribution in [-0.4, -0.2) is 91.0 Å². The molecule has 0 aliphatic heterocycles. The Balaban J connectivity index is 0.000000404. The van der Waals surface area contributed by atoms with Crippen molar-refractivity contribution in [2.24, 2.45) is 5.73 Å². The normalized spacial score (nSPS) is 11.2. The smallest absolute Gasteiger partial charge is 0.481 e. The number of ketones is 2. The lowest BCUT2D eigenvalue weighted by atomic mass is 10.1. The van der Waals surface area contributed by atoms with E-state index >= 15 is 0 Å². The van der Waals surface area contributed by atoms with Crippen LogP contribution in [0.5, 0.6) is 11.5 Å². The number of carboxylic acid groups (broad SMARTS) is 1. The molecule has 0 fully saturated rings. The van der Waals surface area contributed by atoms with E-state index < -0.39 is 54.5 Å². The summed E-state index contributed by atoms with van der Waals surface area (Å²) in [6.45, 7) is 8.51. The number of nitrogens with one attached hydrogen (secondary N) is 1. The van der Waals surface area contributed by atoms with Gasteiger partial charge in [0.2, 0.25) is 0 Å². The van der Waals surface area contributed by atoms with Crippen molar-refractivity contribution >= 4 is 35.6 Å². The molecule has 14 nitrogen and oxygen atoms in total. The van der Waals surface area contributed by atoms with E-state index in [0.717, 1.165) is 11.1 Å².